The summed E-state index contributed by atoms with van der Waals surface area (Å²) in [6.45, 7) is 8.50. The van der Waals surface area contributed by atoms with Crippen LogP contribution in [0.4, 0.5) is 0 Å². The molecule has 0 atom stereocenters. The number of hydrogen-bond donors (Lipinski definition) is 2. The summed E-state index contributed by atoms with van der Waals surface area (Å²) in [7, 11) is 0. The van der Waals surface area contributed by atoms with E-state index in [1.807, 2.05) is 0 Å². The van der Waals surface area contributed by atoms with Gasteiger partial charge in [-0.05, 0) is 58.5 Å². The van der Waals surface area contributed by atoms with Crippen molar-refractivity contribution < 1.29 is 4.79 Å². The zero-order valence-electron chi connectivity index (χ0n) is 11.3. The largest absolute Gasteiger partial charge is 0.351 e. The van der Waals surface area contributed by atoms with Gasteiger partial charge in [-0.15, -0.1) is 12.4 Å². The fourth-order valence-electron chi connectivity index (χ4n) is 2.03. The number of carbonyl (C=O) groups is 1. The van der Waals surface area contributed by atoms with Crippen LogP contribution in [0.1, 0.15) is 52.9 Å². The van der Waals surface area contributed by atoms with E-state index in [0.717, 1.165) is 31.8 Å². The van der Waals surface area contributed by atoms with Crippen molar-refractivity contribution in [3.05, 3.63) is 0 Å². The third-order valence-electron chi connectivity index (χ3n) is 3.60. The lowest BCUT2D eigenvalue weighted by molar-refractivity contribution is -0.123. The highest BCUT2D eigenvalue weighted by Gasteiger charge is 2.19. The molecule has 17 heavy (non-hydrogen) atoms. The summed E-state index contributed by atoms with van der Waals surface area (Å²) in [4.78, 5) is 11.7. The molecule has 1 saturated heterocycles. The summed E-state index contributed by atoms with van der Waals surface area (Å²) in [6, 6.07) is 0. The highest BCUT2D eigenvalue weighted by molar-refractivity contribution is 5.85. The van der Waals surface area contributed by atoms with E-state index in [2.05, 4.69) is 31.4 Å². The number of amides is 1. The minimum atomic E-state index is -0.0504. The minimum absolute atomic E-state index is 0. The van der Waals surface area contributed by atoms with Gasteiger partial charge in [0, 0.05) is 12.0 Å². The normalized spacial score (nSPS) is 17.4. The van der Waals surface area contributed by atoms with E-state index in [-0.39, 0.29) is 23.9 Å². The molecule has 1 amide bonds. The number of carbonyl (C=O) groups excluding carboxylic acids is 1. The predicted octanol–water partition coefficient (Wildman–Crippen LogP) is 2.49. The van der Waals surface area contributed by atoms with Gasteiger partial charge in [0.05, 0.1) is 0 Å². The Labute approximate surface area is 112 Å². The molecule has 102 valence electrons. The molecule has 0 bridgehead atoms. The lowest BCUT2D eigenvalue weighted by Crippen LogP contribution is -2.42. The van der Waals surface area contributed by atoms with Gasteiger partial charge in [0.2, 0.25) is 5.91 Å². The van der Waals surface area contributed by atoms with E-state index < -0.39 is 0 Å². The minimum Gasteiger partial charge on any atom is -0.351 e. The molecule has 4 heteroatoms. The van der Waals surface area contributed by atoms with Crippen LogP contribution in [0.3, 0.4) is 0 Å². The molecule has 1 rings (SSSR count). The Hall–Kier alpha value is -0.280. The second-order valence-corrected chi connectivity index (χ2v) is 5.52. The van der Waals surface area contributed by atoms with E-state index >= 15 is 0 Å². The first-order valence-corrected chi connectivity index (χ1v) is 6.55. The molecule has 1 heterocycles. The van der Waals surface area contributed by atoms with Crippen LogP contribution in [0.5, 0.6) is 0 Å². The number of nitrogens with one attached hydrogen (secondary N) is 2. The molecule has 1 aliphatic heterocycles. The van der Waals surface area contributed by atoms with Gasteiger partial charge < -0.3 is 10.6 Å². The van der Waals surface area contributed by atoms with Crippen molar-refractivity contribution >= 4 is 18.3 Å². The molecule has 0 aromatic rings. The van der Waals surface area contributed by atoms with E-state index in [0.29, 0.717) is 6.42 Å². The van der Waals surface area contributed by atoms with Crippen LogP contribution in [0.2, 0.25) is 0 Å². The highest BCUT2D eigenvalue weighted by atomic mass is 35.5. The van der Waals surface area contributed by atoms with E-state index in [4.69, 9.17) is 0 Å². The standard InChI is InChI=1S/C13H26N2O.ClH/c1-4-13(2,3)15-12(16)6-5-11-7-9-14-10-8-11;/h11,14H,4-10H2,1-3H3,(H,15,16);1H. The topological polar surface area (TPSA) is 41.1 Å². The Bertz CT molecular complexity index is 225. The molecule has 0 saturated carbocycles. The van der Waals surface area contributed by atoms with Crippen LogP contribution in [-0.2, 0) is 4.79 Å². The van der Waals surface area contributed by atoms with Gasteiger partial charge in [0.15, 0.2) is 0 Å². The summed E-state index contributed by atoms with van der Waals surface area (Å²) in [5, 5.41) is 6.44. The van der Waals surface area contributed by atoms with Gasteiger partial charge in [-0.1, -0.05) is 6.92 Å². The second-order valence-electron chi connectivity index (χ2n) is 5.52. The zero-order chi connectivity index (χ0) is 12.0. The molecule has 0 aliphatic carbocycles. The average Bonchev–Trinajstić information content (AvgIpc) is 2.27. The summed E-state index contributed by atoms with van der Waals surface area (Å²) in [5.74, 6) is 0.960. The molecular weight excluding hydrogens is 236 g/mol. The van der Waals surface area contributed by atoms with Gasteiger partial charge in [0.1, 0.15) is 0 Å². The van der Waals surface area contributed by atoms with Gasteiger partial charge in [-0.25, -0.2) is 0 Å². The summed E-state index contributed by atoms with van der Waals surface area (Å²) >= 11 is 0. The molecule has 1 aliphatic rings. The van der Waals surface area contributed by atoms with Crippen molar-refractivity contribution in [3.8, 4) is 0 Å². The Balaban J connectivity index is 0.00000256. The van der Waals surface area contributed by atoms with E-state index in [1.165, 1.54) is 12.8 Å². The van der Waals surface area contributed by atoms with Crippen LogP contribution < -0.4 is 10.6 Å². The van der Waals surface area contributed by atoms with Crippen molar-refractivity contribution in [1.29, 1.82) is 0 Å². The fourth-order valence-corrected chi connectivity index (χ4v) is 2.03. The molecule has 0 aromatic heterocycles. The molecule has 3 nitrogen and oxygen atoms in total. The monoisotopic (exact) mass is 262 g/mol. The molecule has 0 aromatic carbocycles. The second kappa shape index (κ2) is 7.93. The molecule has 0 unspecified atom stereocenters. The summed E-state index contributed by atoms with van der Waals surface area (Å²) in [5.41, 5.74) is -0.0504. The maximum absolute atomic E-state index is 11.7. The maximum atomic E-state index is 11.7. The number of hydrogen-bond acceptors (Lipinski definition) is 2. The predicted molar refractivity (Wildman–Crippen MR) is 74.6 cm³/mol. The third kappa shape index (κ3) is 6.89. The van der Waals surface area contributed by atoms with Gasteiger partial charge >= 0.3 is 0 Å². The fraction of sp³-hybridized carbons (Fsp3) is 0.923. The van der Waals surface area contributed by atoms with Crippen LogP contribution >= 0.6 is 12.4 Å². The first kappa shape index (κ1) is 16.7. The molecule has 0 radical (unpaired) electrons. The number of piperidine rings is 1. The van der Waals surface area contributed by atoms with Gasteiger partial charge in [-0.3, -0.25) is 4.79 Å². The van der Waals surface area contributed by atoms with E-state index in [9.17, 15) is 4.79 Å². The van der Waals surface area contributed by atoms with Crippen molar-refractivity contribution in [2.24, 2.45) is 5.92 Å². The first-order chi connectivity index (χ1) is 7.53. The first-order valence-electron chi connectivity index (χ1n) is 6.55. The highest BCUT2D eigenvalue weighted by Crippen LogP contribution is 2.18. The maximum Gasteiger partial charge on any atom is 0.220 e. The zero-order valence-corrected chi connectivity index (χ0v) is 12.2. The Morgan fingerprint density at radius 1 is 1.35 bits per heavy atom. The van der Waals surface area contributed by atoms with Gasteiger partial charge in [0.25, 0.3) is 0 Å². The lowest BCUT2D eigenvalue weighted by Gasteiger charge is -2.26. The van der Waals surface area contributed by atoms with Crippen molar-refractivity contribution in [1.82, 2.24) is 10.6 Å². The van der Waals surface area contributed by atoms with Crippen molar-refractivity contribution in [2.45, 2.75) is 58.4 Å². The smallest absolute Gasteiger partial charge is 0.220 e. The quantitative estimate of drug-likeness (QED) is 0.799. The molecule has 0 spiro atoms. The van der Waals surface area contributed by atoms with Crippen LogP contribution in [0.25, 0.3) is 0 Å². The molecule has 1 fully saturated rings. The average molecular weight is 263 g/mol. The third-order valence-corrected chi connectivity index (χ3v) is 3.60. The Kier molecular flexibility index (Phi) is 7.80. The summed E-state index contributed by atoms with van der Waals surface area (Å²) < 4.78 is 0. The number of rotatable bonds is 5. The van der Waals surface area contributed by atoms with Crippen LogP contribution in [0, 0.1) is 5.92 Å². The van der Waals surface area contributed by atoms with Crippen LogP contribution in [-0.4, -0.2) is 24.5 Å². The Morgan fingerprint density at radius 3 is 2.47 bits per heavy atom. The van der Waals surface area contributed by atoms with Crippen molar-refractivity contribution in [2.75, 3.05) is 13.1 Å². The Morgan fingerprint density at radius 2 is 1.94 bits per heavy atom. The summed E-state index contributed by atoms with van der Waals surface area (Å²) in [6.07, 6.45) is 5.17. The van der Waals surface area contributed by atoms with E-state index in [1.54, 1.807) is 0 Å². The van der Waals surface area contributed by atoms with Gasteiger partial charge in [-0.2, -0.15) is 0 Å². The van der Waals surface area contributed by atoms with Crippen molar-refractivity contribution in [3.63, 3.8) is 0 Å². The van der Waals surface area contributed by atoms with Crippen LogP contribution in [0.15, 0.2) is 0 Å². The lowest BCUT2D eigenvalue weighted by atomic mass is 9.92. The molecular formula is C13H27ClN2O. The number of halogens is 1. The SMILES string of the molecule is CCC(C)(C)NC(=O)CCC1CCNCC1.Cl. The molecule has 2 N–H and O–H groups in total.